The lowest BCUT2D eigenvalue weighted by atomic mass is 10.1. The summed E-state index contributed by atoms with van der Waals surface area (Å²) in [6.45, 7) is 5.14. The number of hydrogen-bond donors (Lipinski definition) is 1. The summed E-state index contributed by atoms with van der Waals surface area (Å²) in [7, 11) is -2.47. The number of ether oxygens (including phenoxy) is 2. The van der Waals surface area contributed by atoms with Crippen molar-refractivity contribution in [1.82, 2.24) is 0 Å². The molecule has 2 rings (SSSR count). The second-order valence-electron chi connectivity index (χ2n) is 6.79. The largest absolute Gasteiger partial charge is 0.495 e. The zero-order chi connectivity index (χ0) is 23.3. The average Bonchev–Trinajstić information content (AvgIpc) is 2.68. The van der Waals surface area contributed by atoms with Crippen molar-refractivity contribution in [2.75, 3.05) is 29.6 Å². The van der Waals surface area contributed by atoms with E-state index in [1.54, 1.807) is 32.0 Å². The van der Waals surface area contributed by atoms with Gasteiger partial charge in [0.1, 0.15) is 11.8 Å². The molecular formula is C21H25ClN2O6S. The number of anilines is 2. The number of methoxy groups -OCH3 is 1. The molecule has 1 amide bonds. The molecule has 0 saturated carbocycles. The maximum Gasteiger partial charge on any atom is 0.338 e. The monoisotopic (exact) mass is 468 g/mol. The Kier molecular flexibility index (Phi) is 7.91. The maximum atomic E-state index is 12.9. The van der Waals surface area contributed by atoms with Crippen LogP contribution in [0.3, 0.4) is 0 Å². The number of sulfonamides is 1. The van der Waals surface area contributed by atoms with Gasteiger partial charge in [0.25, 0.3) is 0 Å². The standard InChI is InChI=1S/C21H25ClN2O6S/c1-6-30-21(26)15-7-9-17(13(2)11-15)23-20(25)14(3)24(31(5,27)28)18-12-16(22)8-10-19(18)29-4/h7-12,14H,6H2,1-5H3,(H,23,25)/t14-/m0/s1. The third-order valence-electron chi connectivity index (χ3n) is 4.46. The number of esters is 1. The average molecular weight is 469 g/mol. The first kappa shape index (κ1) is 24.5. The van der Waals surface area contributed by atoms with Crippen LogP contribution < -0.4 is 14.4 Å². The molecule has 0 heterocycles. The molecule has 2 aromatic rings. The Morgan fingerprint density at radius 2 is 1.87 bits per heavy atom. The van der Waals surface area contributed by atoms with Gasteiger partial charge in [-0.15, -0.1) is 0 Å². The highest BCUT2D eigenvalue weighted by molar-refractivity contribution is 7.92. The summed E-state index contributed by atoms with van der Waals surface area (Å²) >= 11 is 6.05. The van der Waals surface area contributed by atoms with E-state index in [1.165, 1.54) is 32.2 Å². The second-order valence-corrected chi connectivity index (χ2v) is 9.09. The molecule has 1 atom stereocenters. The molecule has 8 nitrogen and oxygen atoms in total. The minimum absolute atomic E-state index is 0.148. The van der Waals surface area contributed by atoms with Gasteiger partial charge in [0.2, 0.25) is 15.9 Å². The van der Waals surface area contributed by atoms with E-state index in [2.05, 4.69) is 5.32 Å². The molecule has 1 N–H and O–H groups in total. The molecule has 0 bridgehead atoms. The van der Waals surface area contributed by atoms with E-state index in [9.17, 15) is 18.0 Å². The fourth-order valence-electron chi connectivity index (χ4n) is 3.00. The fourth-order valence-corrected chi connectivity index (χ4v) is 4.34. The predicted octanol–water partition coefficient (Wildman–Crippen LogP) is 3.63. The number of nitrogens with one attached hydrogen (secondary N) is 1. The van der Waals surface area contributed by atoms with Crippen LogP contribution in [0.25, 0.3) is 0 Å². The van der Waals surface area contributed by atoms with Crippen LogP contribution in [0.2, 0.25) is 5.02 Å². The van der Waals surface area contributed by atoms with E-state index < -0.39 is 27.9 Å². The van der Waals surface area contributed by atoms with E-state index in [-0.39, 0.29) is 18.0 Å². The second kappa shape index (κ2) is 10.0. The van der Waals surface area contributed by atoms with E-state index in [0.717, 1.165) is 10.6 Å². The molecule has 31 heavy (non-hydrogen) atoms. The summed E-state index contributed by atoms with van der Waals surface area (Å²) in [5, 5.41) is 3.01. The highest BCUT2D eigenvalue weighted by Gasteiger charge is 2.31. The van der Waals surface area contributed by atoms with E-state index in [1.807, 2.05) is 0 Å². The lowest BCUT2D eigenvalue weighted by Gasteiger charge is -2.29. The first-order valence-electron chi connectivity index (χ1n) is 9.41. The molecule has 0 spiro atoms. The Morgan fingerprint density at radius 3 is 2.42 bits per heavy atom. The minimum Gasteiger partial charge on any atom is -0.495 e. The van der Waals surface area contributed by atoms with Gasteiger partial charge in [-0.2, -0.15) is 0 Å². The van der Waals surface area contributed by atoms with Crippen molar-refractivity contribution in [3.63, 3.8) is 0 Å². The number of amides is 1. The number of halogens is 1. The third-order valence-corrected chi connectivity index (χ3v) is 5.92. The maximum absolute atomic E-state index is 12.9. The normalized spacial score (nSPS) is 12.1. The number of benzene rings is 2. The highest BCUT2D eigenvalue weighted by Crippen LogP contribution is 2.34. The number of carbonyl (C=O) groups is 2. The fraction of sp³-hybridized carbons (Fsp3) is 0.333. The van der Waals surface area contributed by atoms with Gasteiger partial charge in [0, 0.05) is 10.7 Å². The highest BCUT2D eigenvalue weighted by atomic mass is 35.5. The van der Waals surface area contributed by atoms with Crippen molar-refractivity contribution < 1.29 is 27.5 Å². The Balaban J connectivity index is 2.35. The van der Waals surface area contributed by atoms with Crippen molar-refractivity contribution in [1.29, 1.82) is 0 Å². The Morgan fingerprint density at radius 1 is 1.19 bits per heavy atom. The van der Waals surface area contributed by atoms with Crippen molar-refractivity contribution in [2.24, 2.45) is 0 Å². The Labute approximate surface area is 187 Å². The van der Waals surface area contributed by atoms with Crippen molar-refractivity contribution in [3.05, 3.63) is 52.5 Å². The van der Waals surface area contributed by atoms with Gasteiger partial charge < -0.3 is 14.8 Å². The van der Waals surface area contributed by atoms with E-state index >= 15 is 0 Å². The molecule has 168 valence electrons. The molecule has 0 aromatic heterocycles. The number of hydrogen-bond acceptors (Lipinski definition) is 6. The lowest BCUT2D eigenvalue weighted by Crippen LogP contribution is -2.45. The van der Waals surface area contributed by atoms with Gasteiger partial charge in [-0.1, -0.05) is 11.6 Å². The summed E-state index contributed by atoms with van der Waals surface area (Å²) in [5.74, 6) is -0.781. The molecule has 0 radical (unpaired) electrons. The van der Waals surface area contributed by atoms with Crippen LogP contribution in [0.5, 0.6) is 5.75 Å². The smallest absolute Gasteiger partial charge is 0.338 e. The molecule has 0 fully saturated rings. The van der Waals surface area contributed by atoms with Gasteiger partial charge in [0.05, 0.1) is 31.2 Å². The van der Waals surface area contributed by atoms with Crippen LogP contribution in [0.4, 0.5) is 11.4 Å². The van der Waals surface area contributed by atoms with Crippen LogP contribution in [-0.2, 0) is 19.6 Å². The van der Waals surface area contributed by atoms with Crippen LogP contribution in [0, 0.1) is 6.92 Å². The molecular weight excluding hydrogens is 444 g/mol. The number of nitrogens with zero attached hydrogens (tertiary/aromatic N) is 1. The minimum atomic E-state index is -3.87. The van der Waals surface area contributed by atoms with Crippen LogP contribution in [0.15, 0.2) is 36.4 Å². The summed E-state index contributed by atoms with van der Waals surface area (Å²) in [4.78, 5) is 24.8. The van der Waals surface area contributed by atoms with Crippen LogP contribution in [0.1, 0.15) is 29.8 Å². The summed E-state index contributed by atoms with van der Waals surface area (Å²) in [5.41, 5.74) is 1.56. The van der Waals surface area contributed by atoms with Gasteiger partial charge in [-0.3, -0.25) is 9.10 Å². The Bertz CT molecular complexity index is 1090. The molecule has 0 unspecified atom stereocenters. The van der Waals surface area contributed by atoms with Crippen molar-refractivity contribution in [3.8, 4) is 5.75 Å². The van der Waals surface area contributed by atoms with Crippen molar-refractivity contribution >= 4 is 44.9 Å². The van der Waals surface area contributed by atoms with Crippen LogP contribution >= 0.6 is 11.6 Å². The van der Waals surface area contributed by atoms with Crippen molar-refractivity contribution in [2.45, 2.75) is 26.8 Å². The zero-order valence-electron chi connectivity index (χ0n) is 17.9. The number of aryl methyl sites for hydroxylation is 1. The quantitative estimate of drug-likeness (QED) is 0.593. The van der Waals surface area contributed by atoms with E-state index in [4.69, 9.17) is 21.1 Å². The topological polar surface area (TPSA) is 102 Å². The molecule has 0 aliphatic rings. The zero-order valence-corrected chi connectivity index (χ0v) is 19.5. The SMILES string of the molecule is CCOC(=O)c1ccc(NC(=O)[C@H](C)N(c2cc(Cl)ccc2OC)S(C)(=O)=O)c(C)c1. The molecule has 0 aliphatic carbocycles. The number of rotatable bonds is 8. The molecule has 0 aliphatic heterocycles. The number of carbonyl (C=O) groups excluding carboxylic acids is 2. The van der Waals surface area contributed by atoms with Crippen LogP contribution in [-0.4, -0.2) is 46.3 Å². The first-order chi connectivity index (χ1) is 14.5. The predicted molar refractivity (Wildman–Crippen MR) is 121 cm³/mol. The molecule has 0 saturated heterocycles. The third kappa shape index (κ3) is 5.89. The van der Waals surface area contributed by atoms with Gasteiger partial charge in [-0.25, -0.2) is 13.2 Å². The summed E-state index contributed by atoms with van der Waals surface area (Å²) in [6.07, 6.45) is 0.997. The van der Waals surface area contributed by atoms with Gasteiger partial charge in [-0.05, 0) is 62.7 Å². The summed E-state index contributed by atoms with van der Waals surface area (Å²) in [6, 6.07) is 8.07. The van der Waals surface area contributed by atoms with Gasteiger partial charge >= 0.3 is 5.97 Å². The van der Waals surface area contributed by atoms with E-state index in [0.29, 0.717) is 21.8 Å². The van der Waals surface area contributed by atoms with Gasteiger partial charge in [0.15, 0.2) is 0 Å². The summed E-state index contributed by atoms with van der Waals surface area (Å²) < 4.78 is 36.3. The molecule has 10 heteroatoms. The Hall–Kier alpha value is -2.78. The first-order valence-corrected chi connectivity index (χ1v) is 11.6. The lowest BCUT2D eigenvalue weighted by molar-refractivity contribution is -0.116. The molecule has 2 aromatic carbocycles.